The summed E-state index contributed by atoms with van der Waals surface area (Å²) in [6.45, 7) is 6.92. The van der Waals surface area contributed by atoms with Gasteiger partial charge in [-0.25, -0.2) is 9.59 Å². The second-order valence-corrected chi connectivity index (χ2v) is 5.66. The molecule has 0 amide bonds. The molecule has 0 fully saturated rings. The van der Waals surface area contributed by atoms with Crippen molar-refractivity contribution in [2.75, 3.05) is 6.79 Å². The van der Waals surface area contributed by atoms with Crippen LogP contribution >= 0.6 is 0 Å². The summed E-state index contributed by atoms with van der Waals surface area (Å²) in [5.74, 6) is -0.378. The molecule has 0 N–H and O–H groups in total. The predicted octanol–water partition coefficient (Wildman–Crippen LogP) is 4.37. The van der Waals surface area contributed by atoms with Crippen LogP contribution < -0.4 is 4.74 Å². The smallest absolute Gasteiger partial charge is 0.340 e. The maximum Gasteiger partial charge on any atom is 0.340 e. The van der Waals surface area contributed by atoms with E-state index < -0.39 is 18.7 Å². The highest BCUT2D eigenvalue weighted by Crippen LogP contribution is 2.23. The van der Waals surface area contributed by atoms with E-state index in [0.29, 0.717) is 5.56 Å². The average molecular weight is 354 g/mol. The minimum atomic E-state index is -0.645. The maximum absolute atomic E-state index is 11.9. The molecular formula is C21H22O5. The molecule has 0 heterocycles. The molecule has 5 heteroatoms. The lowest BCUT2D eigenvalue weighted by atomic mass is 10.0. The van der Waals surface area contributed by atoms with Crippen LogP contribution in [0.4, 0.5) is 0 Å². The summed E-state index contributed by atoms with van der Waals surface area (Å²) in [5, 5.41) is 0. The number of ether oxygens (including phenoxy) is 3. The molecule has 0 radical (unpaired) electrons. The summed E-state index contributed by atoms with van der Waals surface area (Å²) in [6, 6.07) is 14.8. The first-order valence-corrected chi connectivity index (χ1v) is 8.37. The van der Waals surface area contributed by atoms with E-state index in [0.717, 1.165) is 29.4 Å². The number of hydrogen-bond acceptors (Lipinski definition) is 5. The standard InChI is InChI=1S/C21H22O5/c1-4-15(3)26-19-12-10-17(11-13-19)16-6-8-18(9-7-16)21(23)25-14-24-20(22)5-2/h5-13,15H,2,4,14H2,1,3H3. The minimum absolute atomic E-state index is 0.178. The summed E-state index contributed by atoms with van der Waals surface area (Å²) in [7, 11) is 0. The van der Waals surface area contributed by atoms with Gasteiger partial charge in [0.25, 0.3) is 0 Å². The minimum Gasteiger partial charge on any atom is -0.491 e. The Morgan fingerprint density at radius 3 is 2.12 bits per heavy atom. The second kappa shape index (κ2) is 9.42. The largest absolute Gasteiger partial charge is 0.491 e. The molecule has 2 aromatic carbocycles. The first kappa shape index (κ1) is 19.2. The van der Waals surface area contributed by atoms with Crippen molar-refractivity contribution >= 4 is 11.9 Å². The van der Waals surface area contributed by atoms with Crippen LogP contribution in [-0.2, 0) is 14.3 Å². The van der Waals surface area contributed by atoms with E-state index in [1.165, 1.54) is 0 Å². The number of benzene rings is 2. The monoisotopic (exact) mass is 354 g/mol. The van der Waals surface area contributed by atoms with Crippen molar-refractivity contribution in [1.82, 2.24) is 0 Å². The van der Waals surface area contributed by atoms with Crippen LogP contribution in [-0.4, -0.2) is 24.8 Å². The Labute approximate surface area is 153 Å². The SMILES string of the molecule is C=CC(=O)OCOC(=O)c1ccc(-c2ccc(OC(C)CC)cc2)cc1. The van der Waals surface area contributed by atoms with Gasteiger partial charge in [0.1, 0.15) is 5.75 Å². The molecule has 0 spiro atoms. The Morgan fingerprint density at radius 2 is 1.58 bits per heavy atom. The highest BCUT2D eigenvalue weighted by Gasteiger charge is 2.09. The molecule has 1 unspecified atom stereocenters. The molecule has 2 aromatic rings. The zero-order valence-corrected chi connectivity index (χ0v) is 14.9. The maximum atomic E-state index is 11.9. The van der Waals surface area contributed by atoms with Crippen LogP contribution in [0.15, 0.2) is 61.2 Å². The summed E-state index contributed by atoms with van der Waals surface area (Å²) in [5.41, 5.74) is 2.36. The zero-order valence-electron chi connectivity index (χ0n) is 14.9. The van der Waals surface area contributed by atoms with Gasteiger partial charge >= 0.3 is 11.9 Å². The molecule has 0 aliphatic carbocycles. The van der Waals surface area contributed by atoms with Crippen LogP contribution in [0.1, 0.15) is 30.6 Å². The Bertz CT molecular complexity index is 747. The van der Waals surface area contributed by atoms with Crippen LogP contribution in [0.5, 0.6) is 5.75 Å². The third-order valence-electron chi connectivity index (χ3n) is 3.78. The van der Waals surface area contributed by atoms with Crippen molar-refractivity contribution in [2.24, 2.45) is 0 Å². The van der Waals surface area contributed by atoms with Gasteiger partial charge in [-0.2, -0.15) is 0 Å². The van der Waals surface area contributed by atoms with Gasteiger partial charge in [0.05, 0.1) is 11.7 Å². The first-order valence-electron chi connectivity index (χ1n) is 8.37. The molecule has 136 valence electrons. The summed E-state index contributed by atoms with van der Waals surface area (Å²) >= 11 is 0. The molecule has 0 saturated heterocycles. The quantitative estimate of drug-likeness (QED) is 0.400. The number of esters is 2. The number of rotatable bonds is 8. The molecule has 1 atom stereocenters. The van der Waals surface area contributed by atoms with Gasteiger partial charge in [-0.05, 0) is 48.7 Å². The van der Waals surface area contributed by atoms with E-state index in [9.17, 15) is 9.59 Å². The highest BCUT2D eigenvalue weighted by atomic mass is 16.7. The van der Waals surface area contributed by atoms with Gasteiger partial charge in [0.15, 0.2) is 0 Å². The van der Waals surface area contributed by atoms with E-state index in [1.807, 2.05) is 43.3 Å². The molecule has 0 aliphatic rings. The van der Waals surface area contributed by atoms with Crippen LogP contribution in [0.3, 0.4) is 0 Å². The fraction of sp³-hybridized carbons (Fsp3) is 0.238. The molecule has 0 saturated carbocycles. The zero-order chi connectivity index (χ0) is 18.9. The molecule has 0 aliphatic heterocycles. The summed E-state index contributed by atoms with van der Waals surface area (Å²) < 4.78 is 15.2. The van der Waals surface area contributed by atoms with E-state index in [1.54, 1.807) is 12.1 Å². The topological polar surface area (TPSA) is 61.8 Å². The third kappa shape index (κ3) is 5.48. The van der Waals surface area contributed by atoms with Gasteiger partial charge in [-0.1, -0.05) is 37.8 Å². The number of carbonyl (C=O) groups excluding carboxylic acids is 2. The lowest BCUT2D eigenvalue weighted by molar-refractivity contribution is -0.146. The Kier molecular flexibility index (Phi) is 6.97. The van der Waals surface area contributed by atoms with Gasteiger partial charge in [-0.3, -0.25) is 0 Å². The van der Waals surface area contributed by atoms with Crippen molar-refractivity contribution in [3.8, 4) is 16.9 Å². The fourth-order valence-corrected chi connectivity index (χ4v) is 2.12. The summed E-state index contributed by atoms with van der Waals surface area (Å²) in [6.07, 6.45) is 2.13. The number of carbonyl (C=O) groups is 2. The van der Waals surface area contributed by atoms with E-state index in [4.69, 9.17) is 9.47 Å². The Balaban J connectivity index is 1.97. The van der Waals surface area contributed by atoms with Crippen molar-refractivity contribution in [3.63, 3.8) is 0 Å². The van der Waals surface area contributed by atoms with Crippen LogP contribution in [0, 0.1) is 0 Å². The summed E-state index contributed by atoms with van der Waals surface area (Å²) in [4.78, 5) is 22.8. The first-order chi connectivity index (χ1) is 12.5. The lowest BCUT2D eigenvalue weighted by Crippen LogP contribution is -2.11. The fourth-order valence-electron chi connectivity index (χ4n) is 2.12. The molecule has 5 nitrogen and oxygen atoms in total. The Morgan fingerprint density at radius 1 is 1.00 bits per heavy atom. The molecule has 2 rings (SSSR count). The predicted molar refractivity (Wildman–Crippen MR) is 98.8 cm³/mol. The van der Waals surface area contributed by atoms with Crippen LogP contribution in [0.25, 0.3) is 11.1 Å². The van der Waals surface area contributed by atoms with Crippen LogP contribution in [0.2, 0.25) is 0 Å². The van der Waals surface area contributed by atoms with Gasteiger partial charge < -0.3 is 14.2 Å². The third-order valence-corrected chi connectivity index (χ3v) is 3.78. The molecular weight excluding hydrogens is 332 g/mol. The van der Waals surface area contributed by atoms with E-state index in [-0.39, 0.29) is 6.10 Å². The second-order valence-electron chi connectivity index (χ2n) is 5.66. The van der Waals surface area contributed by atoms with Gasteiger partial charge in [0.2, 0.25) is 6.79 Å². The molecule has 0 bridgehead atoms. The van der Waals surface area contributed by atoms with Crippen molar-refractivity contribution in [1.29, 1.82) is 0 Å². The van der Waals surface area contributed by atoms with Crippen molar-refractivity contribution in [2.45, 2.75) is 26.4 Å². The molecule has 26 heavy (non-hydrogen) atoms. The lowest BCUT2D eigenvalue weighted by Gasteiger charge is -2.13. The van der Waals surface area contributed by atoms with E-state index in [2.05, 4.69) is 18.2 Å². The van der Waals surface area contributed by atoms with E-state index >= 15 is 0 Å². The van der Waals surface area contributed by atoms with Gasteiger partial charge in [0, 0.05) is 6.08 Å². The highest BCUT2D eigenvalue weighted by molar-refractivity contribution is 5.90. The average Bonchev–Trinajstić information content (AvgIpc) is 2.68. The normalized spacial score (nSPS) is 11.3. The molecule has 0 aromatic heterocycles. The Hall–Kier alpha value is -3.08. The number of hydrogen-bond donors (Lipinski definition) is 0. The van der Waals surface area contributed by atoms with Crippen molar-refractivity contribution in [3.05, 3.63) is 66.7 Å². The van der Waals surface area contributed by atoms with Gasteiger partial charge in [-0.15, -0.1) is 0 Å². The van der Waals surface area contributed by atoms with Crippen molar-refractivity contribution < 1.29 is 23.8 Å².